The van der Waals surface area contributed by atoms with Gasteiger partial charge in [-0.2, -0.15) is 13.2 Å². The minimum Gasteiger partial charge on any atom is -0.372 e. The van der Waals surface area contributed by atoms with Crippen molar-refractivity contribution in [2.24, 2.45) is 5.73 Å². The summed E-state index contributed by atoms with van der Waals surface area (Å²) in [5, 5.41) is 0. The number of nitrogens with two attached hydrogens (primary N) is 1. The second kappa shape index (κ2) is 6.21. The topological polar surface area (TPSA) is 35.2 Å². The Hall–Kier alpha value is -0.290. The lowest BCUT2D eigenvalue weighted by molar-refractivity contribution is -0.174. The summed E-state index contributed by atoms with van der Waals surface area (Å²) >= 11 is 0. The normalized spacial score (nSPS) is 14.5. The van der Waals surface area contributed by atoms with Crippen molar-refractivity contribution in [3.63, 3.8) is 0 Å². The maximum absolute atomic E-state index is 11.6. The summed E-state index contributed by atoms with van der Waals surface area (Å²) in [6, 6.07) is -0.0433. The van der Waals surface area contributed by atoms with Gasteiger partial charge in [0.25, 0.3) is 0 Å². The van der Waals surface area contributed by atoms with E-state index in [1.54, 1.807) is 0 Å². The molecule has 2 N–H and O–H groups in total. The van der Waals surface area contributed by atoms with Crippen molar-refractivity contribution in [1.82, 2.24) is 0 Å². The number of rotatable bonds is 6. The first kappa shape index (κ1) is 12.7. The molecule has 0 aliphatic carbocycles. The van der Waals surface area contributed by atoms with Gasteiger partial charge in [0.05, 0.1) is 0 Å². The Morgan fingerprint density at radius 1 is 1.31 bits per heavy atom. The van der Waals surface area contributed by atoms with Crippen LogP contribution in [-0.2, 0) is 4.74 Å². The van der Waals surface area contributed by atoms with Crippen LogP contribution in [0.1, 0.15) is 26.2 Å². The van der Waals surface area contributed by atoms with Crippen molar-refractivity contribution >= 4 is 0 Å². The van der Waals surface area contributed by atoms with Crippen LogP contribution in [0.15, 0.2) is 0 Å². The summed E-state index contributed by atoms with van der Waals surface area (Å²) in [6.07, 6.45) is -1.96. The molecule has 1 atom stereocenters. The summed E-state index contributed by atoms with van der Waals surface area (Å²) in [6.45, 7) is 0.892. The maximum atomic E-state index is 11.6. The Balaban J connectivity index is 3.25. The largest absolute Gasteiger partial charge is 0.411 e. The van der Waals surface area contributed by atoms with E-state index < -0.39 is 12.8 Å². The van der Waals surface area contributed by atoms with Crippen LogP contribution in [0.25, 0.3) is 0 Å². The predicted octanol–water partition coefficient (Wildman–Crippen LogP) is 2.08. The third-order valence-corrected chi connectivity index (χ3v) is 1.56. The van der Waals surface area contributed by atoms with Crippen LogP contribution in [0.3, 0.4) is 0 Å². The lowest BCUT2D eigenvalue weighted by Gasteiger charge is -2.11. The average molecular weight is 199 g/mol. The van der Waals surface area contributed by atoms with Crippen LogP contribution >= 0.6 is 0 Å². The number of alkyl halides is 3. The van der Waals surface area contributed by atoms with Crippen LogP contribution in [0.2, 0.25) is 0 Å². The summed E-state index contributed by atoms with van der Waals surface area (Å²) in [5.74, 6) is 0. The molecule has 0 radical (unpaired) electrons. The molecule has 0 fully saturated rings. The van der Waals surface area contributed by atoms with Crippen molar-refractivity contribution in [1.29, 1.82) is 0 Å². The Bertz CT molecular complexity index is 127. The van der Waals surface area contributed by atoms with Crippen LogP contribution in [0.4, 0.5) is 13.2 Å². The van der Waals surface area contributed by atoms with E-state index in [4.69, 9.17) is 5.73 Å². The molecule has 0 saturated carbocycles. The molecule has 2 nitrogen and oxygen atoms in total. The van der Waals surface area contributed by atoms with Crippen molar-refractivity contribution < 1.29 is 17.9 Å². The Morgan fingerprint density at radius 3 is 2.38 bits per heavy atom. The molecule has 13 heavy (non-hydrogen) atoms. The third-order valence-electron chi connectivity index (χ3n) is 1.56. The van der Waals surface area contributed by atoms with E-state index in [-0.39, 0.29) is 12.6 Å². The lowest BCUT2D eigenvalue weighted by atomic mass is 10.1. The highest BCUT2D eigenvalue weighted by atomic mass is 19.4. The van der Waals surface area contributed by atoms with Crippen LogP contribution in [0.5, 0.6) is 0 Å². The molecule has 0 amide bonds. The van der Waals surface area contributed by atoms with Gasteiger partial charge in [-0.1, -0.05) is 13.3 Å². The van der Waals surface area contributed by atoms with E-state index in [2.05, 4.69) is 4.74 Å². The summed E-state index contributed by atoms with van der Waals surface area (Å²) < 4.78 is 39.1. The first-order valence-electron chi connectivity index (χ1n) is 4.35. The zero-order valence-corrected chi connectivity index (χ0v) is 7.73. The molecule has 0 saturated heterocycles. The van der Waals surface area contributed by atoms with Crippen LogP contribution in [0, 0.1) is 0 Å². The molecule has 0 aromatic heterocycles. The van der Waals surface area contributed by atoms with Crippen LogP contribution < -0.4 is 5.73 Å². The van der Waals surface area contributed by atoms with E-state index >= 15 is 0 Å². The smallest absolute Gasteiger partial charge is 0.372 e. The molecule has 0 aromatic rings. The fraction of sp³-hybridized carbons (Fsp3) is 1.00. The number of ether oxygens (including phenoxy) is 1. The van der Waals surface area contributed by atoms with Gasteiger partial charge in [0.15, 0.2) is 0 Å². The highest BCUT2D eigenvalue weighted by Gasteiger charge is 2.27. The number of hydrogen-bond acceptors (Lipinski definition) is 2. The molecule has 0 bridgehead atoms. The average Bonchev–Trinajstić information content (AvgIpc) is 1.97. The summed E-state index contributed by atoms with van der Waals surface area (Å²) in [5.41, 5.74) is 5.57. The van der Waals surface area contributed by atoms with Crippen molar-refractivity contribution in [2.75, 3.05) is 13.2 Å². The maximum Gasteiger partial charge on any atom is 0.411 e. The minimum absolute atomic E-state index is 0.0433. The monoisotopic (exact) mass is 199 g/mol. The SMILES string of the molecule is CCCC(N)CCOCC(F)(F)F. The zero-order valence-electron chi connectivity index (χ0n) is 7.73. The molecule has 0 heterocycles. The second-order valence-corrected chi connectivity index (χ2v) is 3.01. The van der Waals surface area contributed by atoms with Crippen molar-refractivity contribution in [3.8, 4) is 0 Å². The fourth-order valence-corrected chi connectivity index (χ4v) is 0.938. The van der Waals surface area contributed by atoms with Gasteiger partial charge in [0.1, 0.15) is 6.61 Å². The standard InChI is InChI=1S/C8H16F3NO/c1-2-3-7(12)4-5-13-6-8(9,10)11/h7H,2-6,12H2,1H3. The Labute approximate surface area is 76.2 Å². The molecule has 0 aliphatic heterocycles. The van der Waals surface area contributed by atoms with Crippen molar-refractivity contribution in [3.05, 3.63) is 0 Å². The Morgan fingerprint density at radius 2 is 1.92 bits per heavy atom. The zero-order chi connectivity index (χ0) is 10.3. The number of hydrogen-bond donors (Lipinski definition) is 1. The molecular formula is C8H16F3NO. The summed E-state index contributed by atoms with van der Waals surface area (Å²) in [7, 11) is 0. The van der Waals surface area contributed by atoms with E-state index in [0.717, 1.165) is 12.8 Å². The van der Waals surface area contributed by atoms with Gasteiger partial charge in [-0.05, 0) is 12.8 Å². The highest BCUT2D eigenvalue weighted by molar-refractivity contribution is 4.59. The molecule has 80 valence electrons. The van der Waals surface area contributed by atoms with Gasteiger partial charge in [-0.25, -0.2) is 0 Å². The fourth-order valence-electron chi connectivity index (χ4n) is 0.938. The molecule has 0 aliphatic rings. The van der Waals surface area contributed by atoms with Crippen LogP contribution in [-0.4, -0.2) is 25.4 Å². The lowest BCUT2D eigenvalue weighted by Crippen LogP contribution is -2.24. The Kier molecular flexibility index (Phi) is 6.07. The third kappa shape index (κ3) is 9.63. The molecule has 1 unspecified atom stereocenters. The van der Waals surface area contributed by atoms with Gasteiger partial charge in [0, 0.05) is 12.6 Å². The summed E-state index contributed by atoms with van der Waals surface area (Å²) in [4.78, 5) is 0. The van der Waals surface area contributed by atoms with Gasteiger partial charge in [-0.15, -0.1) is 0 Å². The second-order valence-electron chi connectivity index (χ2n) is 3.01. The molecule has 0 aromatic carbocycles. The van der Waals surface area contributed by atoms with E-state index in [1.165, 1.54) is 0 Å². The quantitative estimate of drug-likeness (QED) is 0.665. The number of halogens is 3. The van der Waals surface area contributed by atoms with Gasteiger partial charge >= 0.3 is 6.18 Å². The molecule has 5 heteroatoms. The highest BCUT2D eigenvalue weighted by Crippen LogP contribution is 2.14. The predicted molar refractivity (Wildman–Crippen MR) is 44.4 cm³/mol. The molecule has 0 rings (SSSR count). The first-order valence-corrected chi connectivity index (χ1v) is 4.35. The van der Waals surface area contributed by atoms with Gasteiger partial charge < -0.3 is 10.5 Å². The van der Waals surface area contributed by atoms with Gasteiger partial charge in [0.2, 0.25) is 0 Å². The van der Waals surface area contributed by atoms with E-state index in [9.17, 15) is 13.2 Å². The van der Waals surface area contributed by atoms with Crippen molar-refractivity contribution in [2.45, 2.75) is 38.4 Å². The van der Waals surface area contributed by atoms with E-state index in [1.807, 2.05) is 6.92 Å². The molecular weight excluding hydrogens is 183 g/mol. The van der Waals surface area contributed by atoms with E-state index in [0.29, 0.717) is 6.42 Å². The first-order chi connectivity index (χ1) is 5.95. The molecule has 0 spiro atoms. The van der Waals surface area contributed by atoms with Gasteiger partial charge in [-0.3, -0.25) is 0 Å². The minimum atomic E-state index is -4.23.